The van der Waals surface area contributed by atoms with E-state index in [2.05, 4.69) is 0 Å². The zero-order valence-electron chi connectivity index (χ0n) is 13.7. The van der Waals surface area contributed by atoms with Crippen molar-refractivity contribution in [2.45, 2.75) is 56.1 Å². The van der Waals surface area contributed by atoms with Crippen molar-refractivity contribution >= 4 is 6.29 Å². The number of aldehydes is 1. The molecule has 1 saturated heterocycles. The first-order chi connectivity index (χ1) is 11.9. The van der Waals surface area contributed by atoms with Crippen LogP contribution in [0.1, 0.15) is 19.3 Å². The van der Waals surface area contributed by atoms with Gasteiger partial charge in [0, 0.05) is 6.61 Å². The summed E-state index contributed by atoms with van der Waals surface area (Å²) in [6.07, 6.45) is -3.76. The van der Waals surface area contributed by atoms with Crippen LogP contribution in [0.4, 0.5) is 0 Å². The van der Waals surface area contributed by atoms with Crippen molar-refractivity contribution in [2.75, 3.05) is 13.2 Å². The van der Waals surface area contributed by atoms with Gasteiger partial charge in [-0.05, 0) is 31.3 Å². The number of rotatable bonds is 6. The summed E-state index contributed by atoms with van der Waals surface area (Å²) in [4.78, 5) is 11.5. The van der Waals surface area contributed by atoms with E-state index in [4.69, 9.17) is 14.6 Å². The Morgan fingerprint density at radius 2 is 1.80 bits per heavy atom. The highest BCUT2D eigenvalue weighted by Gasteiger charge is 2.45. The second-order valence-electron chi connectivity index (χ2n) is 6.71. The molecule has 2 aliphatic rings. The molecule has 0 aromatic carbocycles. The van der Waals surface area contributed by atoms with E-state index >= 15 is 0 Å². The Bertz CT molecular complexity index is 469. The Balaban J connectivity index is 2.02. The molecule has 25 heavy (non-hydrogen) atoms. The summed E-state index contributed by atoms with van der Waals surface area (Å²) < 4.78 is 10.4. The van der Waals surface area contributed by atoms with Gasteiger partial charge in [-0.15, -0.1) is 0 Å². The second-order valence-corrected chi connectivity index (χ2v) is 6.71. The average molecular weight is 362 g/mol. The third-order valence-corrected chi connectivity index (χ3v) is 5.08. The third kappa shape index (κ3) is 4.20. The summed E-state index contributed by atoms with van der Waals surface area (Å²) in [6, 6.07) is 0. The molecule has 2 rings (SSSR count). The van der Waals surface area contributed by atoms with Crippen LogP contribution in [-0.4, -0.2) is 86.9 Å². The summed E-state index contributed by atoms with van der Waals surface area (Å²) >= 11 is 0. The molecule has 9 nitrogen and oxygen atoms in total. The molecule has 2 fully saturated rings. The van der Waals surface area contributed by atoms with Crippen LogP contribution in [0.15, 0.2) is 12.3 Å². The molecule has 6 N–H and O–H groups in total. The molecule has 0 aromatic heterocycles. The van der Waals surface area contributed by atoms with E-state index in [1.165, 1.54) is 6.08 Å². The van der Waals surface area contributed by atoms with Gasteiger partial charge in [-0.1, -0.05) is 0 Å². The summed E-state index contributed by atoms with van der Waals surface area (Å²) in [5.41, 5.74) is -1.17. The van der Waals surface area contributed by atoms with Crippen LogP contribution < -0.4 is 0 Å². The number of hydrogen-bond acceptors (Lipinski definition) is 9. The zero-order valence-corrected chi connectivity index (χ0v) is 13.7. The molecule has 1 heterocycles. The smallest absolute Gasteiger partial charge is 0.228 e. The lowest BCUT2D eigenvalue weighted by molar-refractivity contribution is -0.288. The minimum Gasteiger partial charge on any atom is -0.470 e. The average Bonchev–Trinajstić information content (AvgIpc) is 2.63. The fourth-order valence-electron chi connectivity index (χ4n) is 3.23. The topological polar surface area (TPSA) is 157 Å². The fourth-order valence-corrected chi connectivity index (χ4v) is 3.23. The number of carbonyl (C=O) groups excluding carboxylic acids is 1. The van der Waals surface area contributed by atoms with Crippen molar-refractivity contribution < 1.29 is 44.9 Å². The van der Waals surface area contributed by atoms with Crippen molar-refractivity contribution in [1.29, 1.82) is 0 Å². The quantitative estimate of drug-likeness (QED) is 0.225. The summed E-state index contributed by atoms with van der Waals surface area (Å²) in [7, 11) is 0. The molecular formula is C16H26O9. The van der Waals surface area contributed by atoms with Crippen molar-refractivity contribution in [3.05, 3.63) is 12.3 Å². The first-order valence-corrected chi connectivity index (χ1v) is 8.27. The lowest BCUT2D eigenvalue weighted by Crippen LogP contribution is -2.58. The standard InChI is InChI=1S/C16H26O9/c17-6-9-1-2-16(8-19,11(20)5-9)3-4-24-15-14(23)13(22)12(21)10(7-18)25-15/h3-4,8-15,17-18,20-23H,1-2,5-7H2/b4-3-/t9-,10-,11-,12-,13+,14-,15-,16+/m1/s1. The van der Waals surface area contributed by atoms with Gasteiger partial charge in [-0.3, -0.25) is 0 Å². The van der Waals surface area contributed by atoms with Crippen LogP contribution in [0.3, 0.4) is 0 Å². The van der Waals surface area contributed by atoms with Gasteiger partial charge in [-0.2, -0.15) is 0 Å². The second kappa shape index (κ2) is 8.54. The van der Waals surface area contributed by atoms with Crippen LogP contribution in [-0.2, 0) is 14.3 Å². The lowest BCUT2D eigenvalue weighted by atomic mass is 9.69. The minimum absolute atomic E-state index is 0.0585. The van der Waals surface area contributed by atoms with Crippen LogP contribution in [0.5, 0.6) is 0 Å². The molecule has 0 spiro atoms. The molecule has 1 saturated carbocycles. The van der Waals surface area contributed by atoms with Gasteiger partial charge in [0.05, 0.1) is 24.4 Å². The van der Waals surface area contributed by atoms with Gasteiger partial charge < -0.3 is 44.9 Å². The summed E-state index contributed by atoms with van der Waals surface area (Å²) in [5, 5.41) is 57.8. The molecule has 0 radical (unpaired) electrons. The Morgan fingerprint density at radius 1 is 1.08 bits per heavy atom. The number of aliphatic hydroxyl groups excluding tert-OH is 6. The van der Waals surface area contributed by atoms with Gasteiger partial charge in [0.15, 0.2) is 0 Å². The Kier molecular flexibility index (Phi) is 6.92. The highest BCUT2D eigenvalue weighted by atomic mass is 16.7. The first-order valence-electron chi connectivity index (χ1n) is 8.27. The number of carbonyl (C=O) groups is 1. The normalized spacial score (nSPS) is 45.4. The van der Waals surface area contributed by atoms with Crippen molar-refractivity contribution in [3.8, 4) is 0 Å². The predicted molar refractivity (Wildman–Crippen MR) is 82.9 cm³/mol. The van der Waals surface area contributed by atoms with Crippen LogP contribution in [0.2, 0.25) is 0 Å². The van der Waals surface area contributed by atoms with Gasteiger partial charge >= 0.3 is 0 Å². The molecule has 1 aliphatic heterocycles. The molecule has 9 heteroatoms. The molecule has 0 amide bonds. The summed E-state index contributed by atoms with van der Waals surface area (Å²) in [5.74, 6) is -0.0668. The highest BCUT2D eigenvalue weighted by Crippen LogP contribution is 2.39. The number of hydrogen-bond donors (Lipinski definition) is 6. The molecule has 0 unspecified atom stereocenters. The monoisotopic (exact) mass is 362 g/mol. The van der Waals surface area contributed by atoms with E-state index in [1.807, 2.05) is 0 Å². The molecule has 8 atom stereocenters. The highest BCUT2D eigenvalue weighted by molar-refractivity contribution is 5.64. The van der Waals surface area contributed by atoms with Crippen molar-refractivity contribution in [1.82, 2.24) is 0 Å². The largest absolute Gasteiger partial charge is 0.470 e. The van der Waals surface area contributed by atoms with Crippen LogP contribution in [0, 0.1) is 11.3 Å². The minimum atomic E-state index is -1.56. The van der Waals surface area contributed by atoms with Gasteiger partial charge in [0.1, 0.15) is 30.7 Å². The maximum Gasteiger partial charge on any atom is 0.228 e. The molecule has 144 valence electrons. The SMILES string of the molecule is O=C[C@@]1(/C=C\O[C@@H]2O[C@H](CO)[C@@H](O)[C@H](O)[C@H]2O)CC[C@@H](CO)C[C@H]1O. The third-order valence-electron chi connectivity index (χ3n) is 5.08. The molecular weight excluding hydrogens is 336 g/mol. The lowest BCUT2D eigenvalue weighted by Gasteiger charge is -2.40. The van der Waals surface area contributed by atoms with E-state index in [-0.39, 0.29) is 18.9 Å². The van der Waals surface area contributed by atoms with Gasteiger partial charge in [-0.25, -0.2) is 0 Å². The molecule has 0 aromatic rings. The summed E-state index contributed by atoms with van der Waals surface area (Å²) in [6.45, 7) is -0.634. The fraction of sp³-hybridized carbons (Fsp3) is 0.812. The Morgan fingerprint density at radius 3 is 2.36 bits per heavy atom. The molecule has 0 bridgehead atoms. The maximum absolute atomic E-state index is 11.5. The van der Waals surface area contributed by atoms with E-state index in [1.54, 1.807) is 0 Å². The first kappa shape index (κ1) is 20.2. The van der Waals surface area contributed by atoms with Crippen molar-refractivity contribution in [3.63, 3.8) is 0 Å². The van der Waals surface area contributed by atoms with Crippen LogP contribution in [0.25, 0.3) is 0 Å². The zero-order chi connectivity index (χ0) is 18.6. The number of aliphatic hydroxyl groups is 6. The van der Waals surface area contributed by atoms with E-state index in [9.17, 15) is 30.3 Å². The Hall–Kier alpha value is -1.07. The number of ether oxygens (including phenoxy) is 2. The van der Waals surface area contributed by atoms with Gasteiger partial charge in [0.2, 0.25) is 6.29 Å². The van der Waals surface area contributed by atoms with Crippen LogP contribution >= 0.6 is 0 Å². The molecule has 1 aliphatic carbocycles. The van der Waals surface area contributed by atoms with E-state index < -0.39 is 48.8 Å². The Labute approximate surface area is 145 Å². The maximum atomic E-state index is 11.5. The van der Waals surface area contributed by atoms with Gasteiger partial charge in [0.25, 0.3) is 0 Å². The van der Waals surface area contributed by atoms with E-state index in [0.29, 0.717) is 19.1 Å². The van der Waals surface area contributed by atoms with E-state index in [0.717, 1.165) is 6.26 Å². The van der Waals surface area contributed by atoms with Crippen molar-refractivity contribution in [2.24, 2.45) is 11.3 Å². The predicted octanol–water partition coefficient (Wildman–Crippen LogP) is -2.34.